The number of nitrogens with zero attached hydrogens (tertiary/aromatic N) is 2. The second-order valence-electron chi connectivity index (χ2n) is 5.96. The van der Waals surface area contributed by atoms with Crippen molar-refractivity contribution in [3.63, 3.8) is 0 Å². The maximum absolute atomic E-state index is 12.6. The fourth-order valence-electron chi connectivity index (χ4n) is 2.35. The van der Waals surface area contributed by atoms with Crippen LogP contribution in [0.1, 0.15) is 17.3 Å². The monoisotopic (exact) mass is 437 g/mol. The summed E-state index contributed by atoms with van der Waals surface area (Å²) in [5.74, 6) is 0.180. The van der Waals surface area contributed by atoms with E-state index >= 15 is 0 Å². The van der Waals surface area contributed by atoms with E-state index in [1.807, 2.05) is 0 Å². The van der Waals surface area contributed by atoms with Gasteiger partial charge in [-0.15, -0.1) is 10.2 Å². The highest BCUT2D eigenvalue weighted by Gasteiger charge is 2.20. The Balaban J connectivity index is 1.67. The molecule has 146 valence electrons. The highest BCUT2D eigenvalue weighted by Crippen LogP contribution is 2.29. The number of thioether (sulfide) groups is 1. The van der Waals surface area contributed by atoms with Crippen LogP contribution in [0.15, 0.2) is 58.2 Å². The highest BCUT2D eigenvalue weighted by molar-refractivity contribution is 8.00. The molecule has 0 amide bonds. The number of hydrogen-bond donors (Lipinski definition) is 1. The summed E-state index contributed by atoms with van der Waals surface area (Å²) in [6, 6.07) is 13.2. The molecule has 1 N–H and O–H groups in total. The minimum absolute atomic E-state index is 0.140. The van der Waals surface area contributed by atoms with Gasteiger partial charge in [0.2, 0.25) is 15.9 Å². The number of ketones is 1. The van der Waals surface area contributed by atoms with Crippen molar-refractivity contribution in [1.29, 1.82) is 0 Å². The standard InChI is InChI=1S/C18H16ClN3O4S2/c1-11(16(23)12-6-8-15(9-7-12)22-28(2,24)25)27-18-21-20-17(26-18)13-4-3-5-14(19)10-13/h3-11,22H,1-2H3. The first-order valence-corrected chi connectivity index (χ1v) is 11.2. The van der Waals surface area contributed by atoms with E-state index < -0.39 is 15.3 Å². The van der Waals surface area contributed by atoms with E-state index in [9.17, 15) is 13.2 Å². The van der Waals surface area contributed by atoms with Crippen LogP contribution in [0.2, 0.25) is 5.02 Å². The highest BCUT2D eigenvalue weighted by atomic mass is 35.5. The lowest BCUT2D eigenvalue weighted by molar-refractivity contribution is 0.0993. The molecule has 0 saturated heterocycles. The maximum atomic E-state index is 12.6. The van der Waals surface area contributed by atoms with Crippen molar-refractivity contribution < 1.29 is 17.6 Å². The van der Waals surface area contributed by atoms with Crippen LogP contribution in [0.4, 0.5) is 5.69 Å². The van der Waals surface area contributed by atoms with Crippen LogP contribution < -0.4 is 4.72 Å². The molecule has 2 aromatic carbocycles. The number of sulfonamides is 1. The zero-order valence-corrected chi connectivity index (χ0v) is 17.3. The van der Waals surface area contributed by atoms with Crippen LogP contribution in [0.3, 0.4) is 0 Å². The molecule has 1 atom stereocenters. The van der Waals surface area contributed by atoms with Crippen molar-refractivity contribution in [2.45, 2.75) is 17.4 Å². The molecule has 7 nitrogen and oxygen atoms in total. The zero-order chi connectivity index (χ0) is 20.3. The van der Waals surface area contributed by atoms with Gasteiger partial charge in [0.25, 0.3) is 5.22 Å². The number of rotatable bonds is 7. The molecular weight excluding hydrogens is 422 g/mol. The molecule has 1 aromatic heterocycles. The molecular formula is C18H16ClN3O4S2. The average Bonchev–Trinajstić information content (AvgIpc) is 3.09. The number of benzene rings is 2. The molecule has 0 spiro atoms. The van der Waals surface area contributed by atoms with E-state index in [4.69, 9.17) is 16.0 Å². The number of halogens is 1. The zero-order valence-electron chi connectivity index (χ0n) is 14.9. The summed E-state index contributed by atoms with van der Waals surface area (Å²) in [5, 5.41) is 8.31. The molecule has 0 aliphatic carbocycles. The molecule has 0 bridgehead atoms. The molecule has 0 radical (unpaired) electrons. The molecule has 10 heteroatoms. The number of carbonyl (C=O) groups excluding carboxylic acids is 1. The molecule has 28 heavy (non-hydrogen) atoms. The van der Waals surface area contributed by atoms with Crippen molar-refractivity contribution in [1.82, 2.24) is 10.2 Å². The normalized spacial score (nSPS) is 12.5. The Morgan fingerprint density at radius 3 is 2.54 bits per heavy atom. The minimum atomic E-state index is -3.37. The van der Waals surface area contributed by atoms with Crippen molar-refractivity contribution in [3.05, 3.63) is 59.1 Å². The number of carbonyl (C=O) groups is 1. The molecule has 1 unspecified atom stereocenters. The maximum Gasteiger partial charge on any atom is 0.277 e. The van der Waals surface area contributed by atoms with Crippen molar-refractivity contribution in [2.24, 2.45) is 0 Å². The first-order chi connectivity index (χ1) is 13.2. The van der Waals surface area contributed by atoms with Crippen LogP contribution >= 0.6 is 23.4 Å². The van der Waals surface area contributed by atoms with Gasteiger partial charge in [0, 0.05) is 21.8 Å². The number of hydrogen-bond acceptors (Lipinski definition) is 7. The Bertz CT molecular complexity index is 1100. The predicted octanol–water partition coefficient (Wildman–Crippen LogP) is 4.13. The van der Waals surface area contributed by atoms with Crippen molar-refractivity contribution >= 4 is 44.9 Å². The summed E-state index contributed by atoms with van der Waals surface area (Å²) >= 11 is 7.11. The lowest BCUT2D eigenvalue weighted by atomic mass is 10.1. The number of aromatic nitrogens is 2. The third-order valence-electron chi connectivity index (χ3n) is 3.60. The lowest BCUT2D eigenvalue weighted by Gasteiger charge is -2.09. The largest absolute Gasteiger partial charge is 0.411 e. The Kier molecular flexibility index (Phi) is 6.07. The summed E-state index contributed by atoms with van der Waals surface area (Å²) in [6.07, 6.45) is 1.06. The van der Waals surface area contributed by atoms with E-state index in [0.29, 0.717) is 27.7 Å². The predicted molar refractivity (Wildman–Crippen MR) is 109 cm³/mol. The third-order valence-corrected chi connectivity index (χ3v) is 5.37. The average molecular weight is 438 g/mol. The number of anilines is 1. The van der Waals surface area contributed by atoms with Gasteiger partial charge in [-0.1, -0.05) is 29.4 Å². The molecule has 3 aromatic rings. The first kappa shape index (κ1) is 20.4. The summed E-state index contributed by atoms with van der Waals surface area (Å²) < 4.78 is 30.4. The third kappa shape index (κ3) is 5.34. The molecule has 0 fully saturated rings. The van der Waals surface area contributed by atoms with Crippen LogP contribution in [0.5, 0.6) is 0 Å². The molecule has 0 saturated carbocycles. The van der Waals surface area contributed by atoms with Crippen LogP contribution in [-0.4, -0.2) is 35.9 Å². The van der Waals surface area contributed by atoms with Crippen molar-refractivity contribution in [3.8, 4) is 11.5 Å². The fraction of sp³-hybridized carbons (Fsp3) is 0.167. The van der Waals surface area contributed by atoms with Gasteiger partial charge in [-0.05, 0) is 49.4 Å². The Morgan fingerprint density at radius 2 is 1.89 bits per heavy atom. The molecule has 3 rings (SSSR count). The summed E-state index contributed by atoms with van der Waals surface area (Å²) in [4.78, 5) is 12.6. The number of Topliss-reactive ketones (excluding diaryl/α,β-unsaturated/α-hetero) is 1. The van der Waals surface area contributed by atoms with Gasteiger partial charge in [0.1, 0.15) is 0 Å². The smallest absolute Gasteiger partial charge is 0.277 e. The number of nitrogens with one attached hydrogen (secondary N) is 1. The van der Waals surface area contributed by atoms with Gasteiger partial charge in [-0.2, -0.15) is 0 Å². The fourth-order valence-corrected chi connectivity index (χ4v) is 3.87. The second kappa shape index (κ2) is 8.34. The van der Waals surface area contributed by atoms with E-state index in [1.54, 1.807) is 43.3 Å². The van der Waals surface area contributed by atoms with Gasteiger partial charge < -0.3 is 4.42 Å². The molecule has 0 aliphatic heterocycles. The SMILES string of the molecule is CC(Sc1nnc(-c2cccc(Cl)c2)o1)C(=O)c1ccc(NS(C)(=O)=O)cc1. The minimum Gasteiger partial charge on any atom is -0.411 e. The van der Waals surface area contributed by atoms with E-state index in [2.05, 4.69) is 14.9 Å². The van der Waals surface area contributed by atoms with Crippen LogP contribution in [-0.2, 0) is 10.0 Å². The van der Waals surface area contributed by atoms with Crippen LogP contribution in [0.25, 0.3) is 11.5 Å². The van der Waals surface area contributed by atoms with Crippen LogP contribution in [0, 0.1) is 0 Å². The van der Waals surface area contributed by atoms with E-state index in [-0.39, 0.29) is 11.0 Å². The van der Waals surface area contributed by atoms with Gasteiger partial charge in [0.05, 0.1) is 11.5 Å². The molecule has 1 heterocycles. The Hall–Kier alpha value is -2.36. The summed E-state index contributed by atoms with van der Waals surface area (Å²) in [7, 11) is -3.37. The van der Waals surface area contributed by atoms with E-state index in [0.717, 1.165) is 18.0 Å². The molecule has 0 aliphatic rings. The quantitative estimate of drug-likeness (QED) is 0.438. The summed E-state index contributed by atoms with van der Waals surface area (Å²) in [5.41, 5.74) is 1.54. The van der Waals surface area contributed by atoms with Gasteiger partial charge >= 0.3 is 0 Å². The van der Waals surface area contributed by atoms with Gasteiger partial charge in [-0.3, -0.25) is 9.52 Å². The van der Waals surface area contributed by atoms with Crippen molar-refractivity contribution in [2.75, 3.05) is 11.0 Å². The Labute approximate surface area is 171 Å². The second-order valence-corrected chi connectivity index (χ2v) is 9.44. The summed E-state index contributed by atoms with van der Waals surface area (Å²) in [6.45, 7) is 1.74. The topological polar surface area (TPSA) is 102 Å². The van der Waals surface area contributed by atoms with Gasteiger partial charge in [-0.25, -0.2) is 8.42 Å². The van der Waals surface area contributed by atoms with Gasteiger partial charge in [0.15, 0.2) is 5.78 Å². The first-order valence-electron chi connectivity index (χ1n) is 8.09. The van der Waals surface area contributed by atoms with E-state index in [1.165, 1.54) is 12.1 Å². The lowest BCUT2D eigenvalue weighted by Crippen LogP contribution is -2.14. The Morgan fingerprint density at radius 1 is 1.18 bits per heavy atom.